The second-order valence-corrected chi connectivity index (χ2v) is 5.13. The van der Waals surface area contributed by atoms with Crippen LogP contribution in [0.3, 0.4) is 0 Å². The van der Waals surface area contributed by atoms with E-state index in [-0.39, 0.29) is 5.92 Å². The first-order chi connectivity index (χ1) is 8.74. The predicted molar refractivity (Wildman–Crippen MR) is 66.6 cm³/mol. The summed E-state index contributed by atoms with van der Waals surface area (Å²) in [5.74, 6) is 0.0535. The van der Waals surface area contributed by atoms with E-state index in [1.807, 2.05) is 0 Å². The van der Waals surface area contributed by atoms with Crippen molar-refractivity contribution in [2.45, 2.75) is 32.1 Å². The fourth-order valence-corrected chi connectivity index (χ4v) is 2.83. The van der Waals surface area contributed by atoms with Gasteiger partial charge < -0.3 is 10.0 Å². The van der Waals surface area contributed by atoms with E-state index in [4.69, 9.17) is 5.11 Å². The summed E-state index contributed by atoms with van der Waals surface area (Å²) in [5.41, 5.74) is 2.46. The quantitative estimate of drug-likeness (QED) is 0.852. The Morgan fingerprint density at radius 3 is 2.78 bits per heavy atom. The maximum Gasteiger partial charge on any atom is 0.306 e. The van der Waals surface area contributed by atoms with Gasteiger partial charge in [-0.2, -0.15) is 5.10 Å². The fourth-order valence-electron chi connectivity index (χ4n) is 2.83. The summed E-state index contributed by atoms with van der Waals surface area (Å²) < 4.78 is 0. The van der Waals surface area contributed by atoms with Gasteiger partial charge in [-0.15, -0.1) is 5.10 Å². The number of piperidine rings is 1. The summed E-state index contributed by atoms with van der Waals surface area (Å²) in [7, 11) is 0. The van der Waals surface area contributed by atoms with Gasteiger partial charge in [0.15, 0.2) is 5.82 Å². The lowest BCUT2D eigenvalue weighted by Crippen LogP contribution is -2.37. The van der Waals surface area contributed by atoms with Crippen LogP contribution in [0.15, 0.2) is 6.07 Å². The molecule has 0 spiro atoms. The molecule has 0 aromatic carbocycles. The average Bonchev–Trinajstić information content (AvgIpc) is 2.86. The molecule has 1 aromatic rings. The predicted octanol–water partition coefficient (Wildman–Crippen LogP) is 1.27. The van der Waals surface area contributed by atoms with Crippen LogP contribution >= 0.6 is 0 Å². The molecule has 0 amide bonds. The van der Waals surface area contributed by atoms with Crippen molar-refractivity contribution < 1.29 is 9.90 Å². The Kier molecular flexibility index (Phi) is 2.89. The molecule has 3 rings (SSSR count). The minimum atomic E-state index is -0.672. The number of anilines is 1. The zero-order valence-corrected chi connectivity index (χ0v) is 10.3. The lowest BCUT2D eigenvalue weighted by Gasteiger charge is -2.30. The molecular weight excluding hydrogens is 230 g/mol. The van der Waals surface area contributed by atoms with Crippen molar-refractivity contribution in [3.8, 4) is 0 Å². The Bertz CT molecular complexity index is 467. The van der Waals surface area contributed by atoms with Crippen LogP contribution in [0.4, 0.5) is 5.82 Å². The summed E-state index contributed by atoms with van der Waals surface area (Å²) in [6.07, 6.45) is 4.73. The van der Waals surface area contributed by atoms with Crippen LogP contribution in [0.5, 0.6) is 0 Å². The molecule has 1 aromatic heterocycles. The van der Waals surface area contributed by atoms with Crippen LogP contribution in [-0.4, -0.2) is 34.4 Å². The van der Waals surface area contributed by atoms with Crippen molar-refractivity contribution >= 4 is 11.8 Å². The molecule has 5 heteroatoms. The largest absolute Gasteiger partial charge is 0.481 e. The fraction of sp³-hybridized carbons (Fsp3) is 0.615. The molecule has 2 heterocycles. The molecule has 0 atom stereocenters. The summed E-state index contributed by atoms with van der Waals surface area (Å²) in [5, 5.41) is 17.5. The highest BCUT2D eigenvalue weighted by Crippen LogP contribution is 2.26. The van der Waals surface area contributed by atoms with Gasteiger partial charge in [-0.05, 0) is 43.7 Å². The zero-order chi connectivity index (χ0) is 12.5. The van der Waals surface area contributed by atoms with Crippen LogP contribution in [0.1, 0.15) is 30.5 Å². The number of carbonyl (C=O) groups is 1. The van der Waals surface area contributed by atoms with E-state index >= 15 is 0 Å². The van der Waals surface area contributed by atoms with E-state index < -0.39 is 5.97 Å². The first-order valence-electron chi connectivity index (χ1n) is 6.57. The monoisotopic (exact) mass is 247 g/mol. The van der Waals surface area contributed by atoms with E-state index in [0.717, 1.165) is 37.4 Å². The van der Waals surface area contributed by atoms with Crippen molar-refractivity contribution in [3.05, 3.63) is 17.3 Å². The van der Waals surface area contributed by atoms with Gasteiger partial charge >= 0.3 is 5.97 Å². The van der Waals surface area contributed by atoms with Gasteiger partial charge in [-0.3, -0.25) is 4.79 Å². The van der Waals surface area contributed by atoms with Gasteiger partial charge in [0.1, 0.15) is 0 Å². The second kappa shape index (κ2) is 4.55. The lowest BCUT2D eigenvalue weighted by molar-refractivity contribution is -0.142. The summed E-state index contributed by atoms with van der Waals surface area (Å²) in [4.78, 5) is 13.1. The van der Waals surface area contributed by atoms with Crippen molar-refractivity contribution in [2.24, 2.45) is 5.92 Å². The average molecular weight is 247 g/mol. The highest BCUT2D eigenvalue weighted by atomic mass is 16.4. The standard InChI is InChI=1S/C13H17N3O2/c17-13(18)9-4-6-16(7-5-9)12-8-10-2-1-3-11(10)14-15-12/h8-9H,1-7H2,(H,17,18). The molecule has 96 valence electrons. The third-order valence-electron chi connectivity index (χ3n) is 3.98. The summed E-state index contributed by atoms with van der Waals surface area (Å²) in [6, 6.07) is 2.14. The number of fused-ring (bicyclic) bond motifs is 1. The number of aliphatic carboxylic acids is 1. The highest BCUT2D eigenvalue weighted by molar-refractivity contribution is 5.70. The molecule has 1 N–H and O–H groups in total. The zero-order valence-electron chi connectivity index (χ0n) is 10.3. The summed E-state index contributed by atoms with van der Waals surface area (Å²) in [6.45, 7) is 1.54. The Balaban J connectivity index is 1.71. The molecule has 0 unspecified atom stereocenters. The molecule has 1 saturated heterocycles. The molecule has 2 aliphatic rings. The number of hydrogen-bond acceptors (Lipinski definition) is 4. The van der Waals surface area contributed by atoms with Crippen LogP contribution < -0.4 is 4.90 Å². The molecule has 0 saturated carbocycles. The Labute approximate surface area is 106 Å². The first kappa shape index (κ1) is 11.4. The SMILES string of the molecule is O=C(O)C1CCN(c2cc3c(nn2)CCC3)CC1. The number of carboxylic acids is 1. The Morgan fingerprint density at radius 2 is 2.06 bits per heavy atom. The molecule has 0 radical (unpaired) electrons. The van der Waals surface area contributed by atoms with Gasteiger partial charge in [-0.25, -0.2) is 0 Å². The van der Waals surface area contributed by atoms with Gasteiger partial charge in [-0.1, -0.05) is 0 Å². The van der Waals surface area contributed by atoms with Crippen molar-refractivity contribution in [3.63, 3.8) is 0 Å². The topological polar surface area (TPSA) is 66.3 Å². The summed E-state index contributed by atoms with van der Waals surface area (Å²) >= 11 is 0. The van der Waals surface area contributed by atoms with E-state index in [9.17, 15) is 4.79 Å². The molecule has 18 heavy (non-hydrogen) atoms. The number of carboxylic acid groups (broad SMARTS) is 1. The molecule has 0 bridgehead atoms. The number of aromatic nitrogens is 2. The Morgan fingerprint density at radius 1 is 1.28 bits per heavy atom. The van der Waals surface area contributed by atoms with Crippen molar-refractivity contribution in [1.29, 1.82) is 0 Å². The Hall–Kier alpha value is -1.65. The van der Waals surface area contributed by atoms with Crippen LogP contribution in [0.2, 0.25) is 0 Å². The van der Waals surface area contributed by atoms with Crippen LogP contribution in [-0.2, 0) is 17.6 Å². The van der Waals surface area contributed by atoms with Crippen molar-refractivity contribution in [2.75, 3.05) is 18.0 Å². The highest BCUT2D eigenvalue weighted by Gasteiger charge is 2.26. The molecular formula is C13H17N3O2. The number of nitrogens with zero attached hydrogens (tertiary/aromatic N) is 3. The third kappa shape index (κ3) is 2.05. The van der Waals surface area contributed by atoms with Gasteiger partial charge in [0.25, 0.3) is 0 Å². The molecule has 1 aliphatic carbocycles. The van der Waals surface area contributed by atoms with Crippen LogP contribution in [0, 0.1) is 5.92 Å². The minimum Gasteiger partial charge on any atom is -0.481 e. The van der Waals surface area contributed by atoms with E-state index in [1.165, 1.54) is 12.0 Å². The molecule has 1 aliphatic heterocycles. The normalized spacial score (nSPS) is 19.9. The second-order valence-electron chi connectivity index (χ2n) is 5.13. The maximum atomic E-state index is 10.9. The molecule has 1 fully saturated rings. The minimum absolute atomic E-state index is 0.191. The molecule has 5 nitrogen and oxygen atoms in total. The van der Waals surface area contributed by atoms with Gasteiger partial charge in [0.05, 0.1) is 11.6 Å². The van der Waals surface area contributed by atoms with E-state index in [0.29, 0.717) is 12.8 Å². The van der Waals surface area contributed by atoms with E-state index in [1.54, 1.807) is 0 Å². The van der Waals surface area contributed by atoms with Crippen molar-refractivity contribution in [1.82, 2.24) is 10.2 Å². The number of hydrogen-bond donors (Lipinski definition) is 1. The van der Waals surface area contributed by atoms with Gasteiger partial charge in [0, 0.05) is 13.1 Å². The van der Waals surface area contributed by atoms with E-state index in [2.05, 4.69) is 21.2 Å². The maximum absolute atomic E-state index is 10.9. The smallest absolute Gasteiger partial charge is 0.306 e. The lowest BCUT2D eigenvalue weighted by atomic mass is 9.97. The first-order valence-corrected chi connectivity index (χ1v) is 6.57. The van der Waals surface area contributed by atoms with Gasteiger partial charge in [0.2, 0.25) is 0 Å². The third-order valence-corrected chi connectivity index (χ3v) is 3.98. The number of aryl methyl sites for hydroxylation is 2. The van der Waals surface area contributed by atoms with Crippen LogP contribution in [0.25, 0.3) is 0 Å². The number of rotatable bonds is 2.